The molecule has 0 spiro atoms. The molecule has 0 aromatic carbocycles. The van der Waals surface area contributed by atoms with E-state index >= 15 is 0 Å². The molecule has 0 amide bonds. The highest BCUT2D eigenvalue weighted by molar-refractivity contribution is 14.1. The van der Waals surface area contributed by atoms with Crippen LogP contribution in [0.5, 0.6) is 0 Å². The van der Waals surface area contributed by atoms with Gasteiger partial charge in [-0.2, -0.15) is 0 Å². The van der Waals surface area contributed by atoms with Gasteiger partial charge in [0.05, 0.1) is 8.04 Å². The summed E-state index contributed by atoms with van der Waals surface area (Å²) in [5.74, 6) is 0. The van der Waals surface area contributed by atoms with Gasteiger partial charge < -0.3 is 0 Å². The lowest BCUT2D eigenvalue weighted by Crippen LogP contribution is -2.17. The van der Waals surface area contributed by atoms with Crippen LogP contribution in [0.15, 0.2) is 15.6 Å². The predicted molar refractivity (Wildman–Crippen MR) is 61.0 cm³/mol. The van der Waals surface area contributed by atoms with Gasteiger partial charge in [0.1, 0.15) is 10.6 Å². The Hall–Kier alpha value is 0.130. The molecule has 0 aliphatic rings. The summed E-state index contributed by atoms with van der Waals surface area (Å²) >= 11 is 4.60. The Morgan fingerprint density at radius 3 is 2.47 bits per heavy atom. The van der Waals surface area contributed by atoms with E-state index in [9.17, 15) is 17.2 Å². The van der Waals surface area contributed by atoms with E-state index < -0.39 is 27.0 Å². The topological polar surface area (TPSA) is 73.1 Å². The van der Waals surface area contributed by atoms with Crippen molar-refractivity contribution in [3.8, 4) is 0 Å². The minimum absolute atomic E-state index is 0.0976. The van der Waals surface area contributed by atoms with Crippen LogP contribution in [0.4, 0.5) is 8.78 Å². The Balaban J connectivity index is 3.65. The molecule has 0 saturated carbocycles. The Labute approximate surface area is 107 Å². The van der Waals surface area contributed by atoms with E-state index in [1.54, 1.807) is 22.6 Å². The van der Waals surface area contributed by atoms with Crippen molar-refractivity contribution in [2.24, 2.45) is 5.14 Å². The van der Waals surface area contributed by atoms with Crippen LogP contribution in [0, 0.1) is 3.57 Å². The fourth-order valence-corrected chi connectivity index (χ4v) is 3.45. The van der Waals surface area contributed by atoms with Crippen LogP contribution in [0.25, 0.3) is 0 Å². The summed E-state index contributed by atoms with van der Waals surface area (Å²) in [5, 5.41) is 4.84. The molecule has 2 N–H and O–H groups in total. The summed E-state index contributed by atoms with van der Waals surface area (Å²) in [4.78, 5) is 2.71. The molecule has 0 atom stereocenters. The van der Waals surface area contributed by atoms with Crippen LogP contribution in [-0.2, 0) is 10.0 Å². The summed E-state index contributed by atoms with van der Waals surface area (Å²) in [5.41, 5.74) is -0.829. The number of alkyl halides is 2. The summed E-state index contributed by atoms with van der Waals surface area (Å²) in [6, 6.07) is 0. The first-order valence-electron chi connectivity index (χ1n) is 3.40. The lowest BCUT2D eigenvalue weighted by molar-refractivity contribution is 0.142. The van der Waals surface area contributed by atoms with Gasteiger partial charge in [-0.15, -0.1) is 0 Å². The Morgan fingerprint density at radius 1 is 1.53 bits per heavy atom. The molecule has 0 aliphatic heterocycles. The van der Waals surface area contributed by atoms with Gasteiger partial charge in [-0.05, 0) is 38.5 Å². The van der Waals surface area contributed by atoms with E-state index in [2.05, 4.69) is 20.9 Å². The van der Waals surface area contributed by atoms with E-state index in [0.29, 0.717) is 4.47 Å². The summed E-state index contributed by atoms with van der Waals surface area (Å²) < 4.78 is 47.6. The first kappa shape index (κ1) is 13.2. The Bertz CT molecular complexity index is 494. The van der Waals surface area contributed by atoms with Gasteiger partial charge in [0.2, 0.25) is 10.0 Å². The molecule has 0 bridgehead atoms. The van der Waals surface area contributed by atoms with E-state index in [4.69, 9.17) is 5.14 Å². The van der Waals surface area contributed by atoms with Crippen LogP contribution >= 0.6 is 38.5 Å². The lowest BCUT2D eigenvalue weighted by Gasteiger charge is -2.08. The number of halogens is 4. The van der Waals surface area contributed by atoms with Gasteiger partial charge in [-0.3, -0.25) is 4.98 Å². The second-order valence-corrected chi connectivity index (χ2v) is 5.91. The number of hydrogen-bond donors (Lipinski definition) is 1. The Kier molecular flexibility index (Phi) is 4.01. The monoisotopic (exact) mass is 412 g/mol. The van der Waals surface area contributed by atoms with Crippen LogP contribution in [0.2, 0.25) is 0 Å². The predicted octanol–water partition coefficient (Wildman–Crippen LogP) is 2.03. The van der Waals surface area contributed by atoms with Crippen molar-refractivity contribution in [1.29, 1.82) is 0 Å². The quantitative estimate of drug-likeness (QED) is 0.755. The molecule has 0 fully saturated rings. The van der Waals surface area contributed by atoms with Gasteiger partial charge in [-0.1, -0.05) is 0 Å². The molecule has 0 radical (unpaired) electrons. The Morgan fingerprint density at radius 2 is 2.07 bits per heavy atom. The van der Waals surface area contributed by atoms with Gasteiger partial charge in [0.25, 0.3) is 6.43 Å². The number of primary sulfonamides is 1. The normalized spacial score (nSPS) is 12.1. The number of nitrogens with zero attached hydrogens (tertiary/aromatic N) is 1. The SMILES string of the molecule is NS(=O)(=O)c1c(C(F)F)ncc(Br)c1I. The van der Waals surface area contributed by atoms with E-state index in [1.807, 2.05) is 0 Å². The molecule has 0 saturated heterocycles. The second kappa shape index (κ2) is 4.55. The van der Waals surface area contributed by atoms with Crippen LogP contribution in [0.1, 0.15) is 12.1 Å². The third-order valence-corrected chi connectivity index (χ3v) is 5.26. The zero-order chi connectivity index (χ0) is 11.8. The van der Waals surface area contributed by atoms with Gasteiger partial charge in [0.15, 0.2) is 0 Å². The highest BCUT2D eigenvalue weighted by Gasteiger charge is 2.26. The lowest BCUT2D eigenvalue weighted by atomic mass is 10.3. The van der Waals surface area contributed by atoms with E-state index in [0.717, 1.165) is 6.20 Å². The minimum atomic E-state index is -4.21. The largest absolute Gasteiger partial charge is 0.281 e. The maximum absolute atomic E-state index is 12.5. The third kappa shape index (κ3) is 2.82. The maximum atomic E-state index is 12.5. The molecule has 1 heterocycles. The van der Waals surface area contributed by atoms with E-state index in [-0.39, 0.29) is 3.57 Å². The third-order valence-electron chi connectivity index (χ3n) is 1.45. The minimum Gasteiger partial charge on any atom is -0.253 e. The van der Waals surface area contributed by atoms with Crippen molar-refractivity contribution in [1.82, 2.24) is 4.98 Å². The van der Waals surface area contributed by atoms with Crippen molar-refractivity contribution in [3.05, 3.63) is 19.9 Å². The molecule has 0 unspecified atom stereocenters. The van der Waals surface area contributed by atoms with Crippen molar-refractivity contribution >= 4 is 48.5 Å². The summed E-state index contributed by atoms with van der Waals surface area (Å²) in [6.07, 6.45) is -1.88. The van der Waals surface area contributed by atoms with Crippen molar-refractivity contribution < 1.29 is 17.2 Å². The number of pyridine rings is 1. The molecular formula is C6H4BrF2IN2O2S. The number of sulfonamides is 1. The summed E-state index contributed by atoms with van der Waals surface area (Å²) in [7, 11) is -4.21. The van der Waals surface area contributed by atoms with E-state index in [1.165, 1.54) is 0 Å². The van der Waals surface area contributed by atoms with Gasteiger partial charge in [-0.25, -0.2) is 22.3 Å². The van der Waals surface area contributed by atoms with Gasteiger partial charge >= 0.3 is 0 Å². The molecule has 4 nitrogen and oxygen atoms in total. The average Bonchev–Trinajstić information content (AvgIpc) is 2.06. The van der Waals surface area contributed by atoms with Crippen molar-refractivity contribution in [3.63, 3.8) is 0 Å². The molecular weight excluding hydrogens is 409 g/mol. The highest BCUT2D eigenvalue weighted by atomic mass is 127. The molecule has 0 aliphatic carbocycles. The zero-order valence-electron chi connectivity index (χ0n) is 6.92. The first-order chi connectivity index (χ1) is 6.75. The zero-order valence-corrected chi connectivity index (χ0v) is 11.5. The van der Waals surface area contributed by atoms with Crippen molar-refractivity contribution in [2.45, 2.75) is 11.3 Å². The number of hydrogen-bond acceptors (Lipinski definition) is 3. The van der Waals surface area contributed by atoms with Crippen LogP contribution in [-0.4, -0.2) is 13.4 Å². The molecule has 1 rings (SSSR count). The standard InChI is InChI=1S/C6H4BrF2IN2O2S/c7-2-1-12-4(6(8)9)5(3(2)10)15(11,13)14/h1,6H,(H2,11,13,14). The van der Waals surface area contributed by atoms with Crippen LogP contribution in [0.3, 0.4) is 0 Å². The average molecular weight is 413 g/mol. The molecule has 15 heavy (non-hydrogen) atoms. The fourth-order valence-electron chi connectivity index (χ4n) is 0.889. The number of nitrogens with two attached hydrogens (primary N) is 1. The smallest absolute Gasteiger partial charge is 0.253 e. The first-order valence-corrected chi connectivity index (χ1v) is 6.81. The van der Waals surface area contributed by atoms with Crippen LogP contribution < -0.4 is 5.14 Å². The highest BCUT2D eigenvalue weighted by Crippen LogP contribution is 2.31. The molecule has 84 valence electrons. The summed E-state index contributed by atoms with van der Waals surface area (Å²) in [6.45, 7) is 0. The molecule has 1 aromatic heterocycles. The fraction of sp³-hybridized carbons (Fsp3) is 0.167. The van der Waals surface area contributed by atoms with Crippen molar-refractivity contribution in [2.75, 3.05) is 0 Å². The number of aromatic nitrogens is 1. The number of rotatable bonds is 2. The van der Waals surface area contributed by atoms with Gasteiger partial charge in [0, 0.05) is 6.20 Å². The maximum Gasteiger partial charge on any atom is 0.281 e. The second-order valence-electron chi connectivity index (χ2n) is 2.48. The molecule has 9 heteroatoms. The molecule has 1 aromatic rings.